The molecule has 4 bridgehead atoms. The number of hydrogen-bond acceptors (Lipinski definition) is 10. The Morgan fingerprint density at radius 2 is 0.971 bits per heavy atom. The number of methoxy groups -OCH3 is 2. The van der Waals surface area contributed by atoms with Gasteiger partial charge >= 0.3 is 0 Å². The Morgan fingerprint density at radius 3 is 1.36 bits per heavy atom. The first-order valence-corrected chi connectivity index (χ1v) is 25.6. The van der Waals surface area contributed by atoms with Crippen LogP contribution < -0.4 is 18.9 Å². The minimum atomic E-state index is -0.375. The van der Waals surface area contributed by atoms with Crippen molar-refractivity contribution in [2.75, 3.05) is 40.4 Å². The predicted octanol–water partition coefficient (Wildman–Crippen LogP) is 12.6. The molecule has 5 aromatic carbocycles. The van der Waals surface area contributed by atoms with Gasteiger partial charge in [-0.2, -0.15) is 0 Å². The van der Waals surface area contributed by atoms with E-state index < -0.39 is 0 Å². The quantitative estimate of drug-likeness (QED) is 0.105. The summed E-state index contributed by atoms with van der Waals surface area (Å²) in [5, 5.41) is 14.1. The lowest BCUT2D eigenvalue weighted by molar-refractivity contribution is -0.0505. The molecule has 14 rings (SSSR count). The van der Waals surface area contributed by atoms with Crippen LogP contribution >= 0.6 is 0 Å². The zero-order chi connectivity index (χ0) is 47.3. The molecule has 10 nitrogen and oxygen atoms in total. The van der Waals surface area contributed by atoms with Crippen LogP contribution in [0.5, 0.6) is 23.3 Å². The first-order chi connectivity index (χ1) is 34.5. The standard InChI is InChI=1S/C60H62N6O4/c1-5-37-35-65-27-23-41(37)29-55(65)57(45-21-25-61-53-19-17-43(67-3)31-49(45)53)69-59-51-33-47(39-13-9-7-10-14-39)48(40-15-11-8-12-16-40)34-52(51)60(64-63-59)70-58(56-30-42-24-28-66(56)36-38(42)6-2)46-22-26-62-54-20-18-44(68-4)32-50(46)54/h7-22,25-26,31-34,37-38,41-42,55-58H,5-6,23-24,27-30,35-36H2,1-4H3. The number of nitrogens with zero attached hydrogens (tertiary/aromatic N) is 6. The van der Waals surface area contributed by atoms with Crippen LogP contribution in [0.1, 0.15) is 75.7 Å². The van der Waals surface area contributed by atoms with Crippen molar-refractivity contribution in [3.05, 3.63) is 145 Å². The molecule has 0 spiro atoms. The van der Waals surface area contributed by atoms with Crippen molar-refractivity contribution in [2.45, 2.75) is 76.7 Å². The van der Waals surface area contributed by atoms with Gasteiger partial charge in [-0.05, 0) is 145 Å². The highest BCUT2D eigenvalue weighted by molar-refractivity contribution is 6.00. The molecule has 3 aromatic heterocycles. The zero-order valence-corrected chi connectivity index (χ0v) is 40.7. The van der Waals surface area contributed by atoms with Crippen molar-refractivity contribution >= 4 is 32.6 Å². The third-order valence-electron chi connectivity index (χ3n) is 16.7. The molecule has 0 amide bonds. The van der Waals surface area contributed by atoms with E-state index in [1.807, 2.05) is 36.7 Å². The molecule has 10 unspecified atom stereocenters. The Bertz CT molecular complexity index is 2960. The third-order valence-corrected chi connectivity index (χ3v) is 16.7. The molecule has 6 fully saturated rings. The molecule has 6 aliphatic rings. The summed E-state index contributed by atoms with van der Waals surface area (Å²) in [6.07, 6.45) is 9.96. The summed E-state index contributed by atoms with van der Waals surface area (Å²) >= 11 is 0. The second-order valence-electron chi connectivity index (χ2n) is 20.2. The Labute approximate surface area is 411 Å². The first kappa shape index (κ1) is 44.6. The number of pyridine rings is 2. The summed E-state index contributed by atoms with van der Waals surface area (Å²) < 4.78 is 26.9. The van der Waals surface area contributed by atoms with Gasteiger partial charge in [0.1, 0.15) is 23.7 Å². The van der Waals surface area contributed by atoms with E-state index in [0.717, 1.165) is 116 Å². The Kier molecular flexibility index (Phi) is 12.1. The number of ether oxygens (including phenoxy) is 4. The van der Waals surface area contributed by atoms with Crippen LogP contribution in [0.25, 0.3) is 54.8 Å². The molecular weight excluding hydrogens is 869 g/mol. The first-order valence-electron chi connectivity index (χ1n) is 25.6. The van der Waals surface area contributed by atoms with E-state index in [1.165, 1.54) is 25.7 Å². The summed E-state index contributed by atoms with van der Waals surface area (Å²) in [6, 6.07) is 42.6. The maximum atomic E-state index is 7.63. The maximum absolute atomic E-state index is 7.63. The lowest BCUT2D eigenvalue weighted by atomic mass is 9.72. The molecule has 0 N–H and O–H groups in total. The van der Waals surface area contributed by atoms with Gasteiger partial charge in [-0.25, -0.2) is 0 Å². The van der Waals surface area contributed by atoms with Crippen molar-refractivity contribution in [1.82, 2.24) is 30.0 Å². The minimum Gasteiger partial charge on any atom is -0.497 e. The highest BCUT2D eigenvalue weighted by Gasteiger charge is 2.46. The highest BCUT2D eigenvalue weighted by atomic mass is 16.5. The molecule has 10 heteroatoms. The smallest absolute Gasteiger partial charge is 0.242 e. The van der Waals surface area contributed by atoms with E-state index in [2.05, 4.69) is 121 Å². The van der Waals surface area contributed by atoms with E-state index in [1.54, 1.807) is 14.2 Å². The van der Waals surface area contributed by atoms with Gasteiger partial charge in [0.2, 0.25) is 11.8 Å². The van der Waals surface area contributed by atoms with Crippen LogP contribution in [0.2, 0.25) is 0 Å². The predicted molar refractivity (Wildman–Crippen MR) is 277 cm³/mol. The Hall–Kier alpha value is -6.62. The number of aromatic nitrogens is 4. The lowest BCUT2D eigenvalue weighted by Gasteiger charge is -2.52. The van der Waals surface area contributed by atoms with E-state index in [9.17, 15) is 0 Å². The van der Waals surface area contributed by atoms with E-state index in [-0.39, 0.29) is 24.3 Å². The topological polar surface area (TPSA) is 95.0 Å². The monoisotopic (exact) mass is 930 g/mol. The van der Waals surface area contributed by atoms with Crippen LogP contribution in [0.15, 0.2) is 134 Å². The van der Waals surface area contributed by atoms with E-state index >= 15 is 0 Å². The summed E-state index contributed by atoms with van der Waals surface area (Å²) in [7, 11) is 3.44. The van der Waals surface area contributed by atoms with Crippen molar-refractivity contribution in [3.63, 3.8) is 0 Å². The van der Waals surface area contributed by atoms with Gasteiger partial charge in [-0.3, -0.25) is 19.8 Å². The summed E-state index contributed by atoms with van der Waals surface area (Å²) in [5.74, 6) is 5.14. The molecule has 6 saturated heterocycles. The normalized spacial score (nSPS) is 24.7. The molecule has 0 aliphatic carbocycles. The second-order valence-corrected chi connectivity index (χ2v) is 20.2. The SMILES string of the molecule is CCC1CN2CCC1CC2C(Oc1nnc(OC(c2ccnc3ccc(OC)cc23)C2CC3CCN2CC3CC)c2cc(-c3ccccc3)c(-c3ccccc3)cc12)c1ccnc2ccc(OC)cc12. The average molecular weight is 931 g/mol. The molecule has 8 aromatic rings. The number of fused-ring (bicyclic) bond motifs is 9. The van der Waals surface area contributed by atoms with Gasteiger partial charge in [0.25, 0.3) is 0 Å². The number of benzene rings is 5. The number of piperidine rings is 6. The van der Waals surface area contributed by atoms with E-state index in [4.69, 9.17) is 39.1 Å². The fourth-order valence-corrected chi connectivity index (χ4v) is 12.9. The average Bonchev–Trinajstić information content (AvgIpc) is 3.43. The third kappa shape index (κ3) is 8.08. The maximum Gasteiger partial charge on any atom is 0.242 e. The summed E-state index contributed by atoms with van der Waals surface area (Å²) in [5.41, 5.74) is 8.30. The molecule has 9 heterocycles. The molecule has 6 aliphatic heterocycles. The van der Waals surface area contributed by atoms with Crippen LogP contribution in [-0.2, 0) is 0 Å². The largest absolute Gasteiger partial charge is 0.497 e. The second kappa shape index (κ2) is 18.9. The molecule has 356 valence electrons. The van der Waals surface area contributed by atoms with Crippen LogP contribution in [0.4, 0.5) is 0 Å². The molecule has 70 heavy (non-hydrogen) atoms. The van der Waals surface area contributed by atoms with Gasteiger partial charge in [-0.1, -0.05) is 87.4 Å². The van der Waals surface area contributed by atoms with Crippen molar-refractivity contribution in [1.29, 1.82) is 0 Å². The van der Waals surface area contributed by atoms with Crippen LogP contribution in [-0.4, -0.2) is 82.4 Å². The van der Waals surface area contributed by atoms with Crippen LogP contribution in [0.3, 0.4) is 0 Å². The van der Waals surface area contributed by atoms with Crippen molar-refractivity contribution in [3.8, 4) is 45.5 Å². The van der Waals surface area contributed by atoms with Gasteiger partial charge in [0.05, 0.1) is 48.1 Å². The molecule has 0 saturated carbocycles. The molecule has 10 atom stereocenters. The Morgan fingerprint density at radius 1 is 0.529 bits per heavy atom. The Balaban J connectivity index is 1.06. The zero-order valence-electron chi connectivity index (χ0n) is 40.7. The molecule has 0 radical (unpaired) electrons. The fraction of sp³-hybridized carbons (Fsp3) is 0.367. The number of rotatable bonds is 14. The van der Waals surface area contributed by atoms with Gasteiger partial charge in [-0.15, -0.1) is 10.2 Å². The lowest BCUT2D eigenvalue weighted by Crippen LogP contribution is -2.56. The summed E-state index contributed by atoms with van der Waals surface area (Å²) in [6.45, 7) is 8.90. The van der Waals surface area contributed by atoms with Gasteiger partial charge in [0, 0.05) is 47.4 Å². The fourth-order valence-electron chi connectivity index (χ4n) is 12.9. The van der Waals surface area contributed by atoms with Gasteiger partial charge in [0.15, 0.2) is 0 Å². The van der Waals surface area contributed by atoms with Gasteiger partial charge < -0.3 is 18.9 Å². The van der Waals surface area contributed by atoms with Crippen molar-refractivity contribution in [2.24, 2.45) is 23.7 Å². The van der Waals surface area contributed by atoms with Crippen molar-refractivity contribution < 1.29 is 18.9 Å². The number of hydrogen-bond donors (Lipinski definition) is 0. The molecular formula is C60H62N6O4. The highest BCUT2D eigenvalue weighted by Crippen LogP contribution is 2.49. The van der Waals surface area contributed by atoms with Crippen LogP contribution in [0, 0.1) is 23.7 Å². The van der Waals surface area contributed by atoms with E-state index in [0.29, 0.717) is 35.4 Å². The minimum absolute atomic E-state index is 0.118. The summed E-state index contributed by atoms with van der Waals surface area (Å²) in [4.78, 5) is 15.0.